The zero-order chi connectivity index (χ0) is 12.6. The fraction of sp³-hybridized carbons (Fsp3) is 0.545. The average Bonchev–Trinajstić information content (AvgIpc) is 3.05. The summed E-state index contributed by atoms with van der Waals surface area (Å²) in [5.41, 5.74) is 6.18. The molecule has 1 unspecified atom stereocenters. The first-order valence-corrected chi connectivity index (χ1v) is 7.84. The standard InChI is InChI=1S/C11H14Br2N2OS.ClH/c1-11(5-14,6-2-3-6)15-10(16)7-4-8(12)17-9(7)13;/h4,6H,2-3,5,14H2,1H3,(H,15,16);1H. The number of carbonyl (C=O) groups excluding carboxylic acids is 1. The normalized spacial score (nSPS) is 17.8. The average molecular weight is 419 g/mol. The van der Waals surface area contributed by atoms with Crippen LogP contribution in [-0.4, -0.2) is 18.0 Å². The van der Waals surface area contributed by atoms with Crippen molar-refractivity contribution in [3.8, 4) is 0 Å². The van der Waals surface area contributed by atoms with Gasteiger partial charge in [0.1, 0.15) is 0 Å². The number of halogens is 3. The van der Waals surface area contributed by atoms with E-state index in [9.17, 15) is 4.79 Å². The fourth-order valence-corrected chi connectivity index (χ4v) is 4.66. The number of rotatable bonds is 4. The second-order valence-electron chi connectivity index (χ2n) is 4.59. The van der Waals surface area contributed by atoms with E-state index in [4.69, 9.17) is 5.73 Å². The maximum atomic E-state index is 12.2. The van der Waals surface area contributed by atoms with Crippen LogP contribution in [0.15, 0.2) is 13.6 Å². The molecule has 102 valence electrons. The molecule has 0 aromatic carbocycles. The van der Waals surface area contributed by atoms with Gasteiger partial charge in [0.2, 0.25) is 0 Å². The first-order valence-electron chi connectivity index (χ1n) is 5.43. The van der Waals surface area contributed by atoms with E-state index in [0.29, 0.717) is 18.0 Å². The molecule has 3 N–H and O–H groups in total. The molecule has 0 bridgehead atoms. The number of carbonyl (C=O) groups is 1. The number of nitrogens with two attached hydrogens (primary N) is 1. The Labute approximate surface area is 134 Å². The molecule has 0 saturated heterocycles. The predicted octanol–water partition coefficient (Wildman–Crippen LogP) is 3.55. The molecule has 1 aromatic rings. The van der Waals surface area contributed by atoms with Crippen LogP contribution in [0.2, 0.25) is 0 Å². The lowest BCUT2D eigenvalue weighted by Gasteiger charge is -2.29. The molecule has 18 heavy (non-hydrogen) atoms. The summed E-state index contributed by atoms with van der Waals surface area (Å²) in [6.45, 7) is 2.50. The second kappa shape index (κ2) is 6.22. The quantitative estimate of drug-likeness (QED) is 0.786. The molecule has 0 spiro atoms. The molecule has 1 heterocycles. The van der Waals surface area contributed by atoms with Crippen LogP contribution in [0.5, 0.6) is 0 Å². The van der Waals surface area contributed by atoms with Crippen LogP contribution in [0.25, 0.3) is 0 Å². The molecule has 1 amide bonds. The summed E-state index contributed by atoms with van der Waals surface area (Å²) in [5, 5.41) is 3.07. The molecule has 0 aliphatic heterocycles. The van der Waals surface area contributed by atoms with Crippen molar-refractivity contribution in [2.24, 2.45) is 11.7 Å². The molecule has 1 aromatic heterocycles. The van der Waals surface area contributed by atoms with Crippen molar-refractivity contribution in [1.29, 1.82) is 0 Å². The number of amides is 1. The minimum absolute atomic E-state index is 0. The summed E-state index contributed by atoms with van der Waals surface area (Å²) in [6.07, 6.45) is 2.31. The zero-order valence-electron chi connectivity index (χ0n) is 9.83. The summed E-state index contributed by atoms with van der Waals surface area (Å²) < 4.78 is 1.78. The van der Waals surface area contributed by atoms with Crippen molar-refractivity contribution in [2.75, 3.05) is 6.54 Å². The van der Waals surface area contributed by atoms with Crippen LogP contribution in [0, 0.1) is 5.92 Å². The third kappa shape index (κ3) is 3.48. The maximum absolute atomic E-state index is 12.2. The van der Waals surface area contributed by atoms with E-state index in [0.717, 1.165) is 20.4 Å². The van der Waals surface area contributed by atoms with Gasteiger partial charge in [-0.05, 0) is 63.6 Å². The number of nitrogens with one attached hydrogen (secondary N) is 1. The summed E-state index contributed by atoms with van der Waals surface area (Å²) in [5.74, 6) is 0.468. The second-order valence-corrected chi connectivity index (χ2v) is 8.34. The van der Waals surface area contributed by atoms with Gasteiger partial charge in [-0.3, -0.25) is 4.79 Å². The molecule has 7 heteroatoms. The van der Waals surface area contributed by atoms with Crippen LogP contribution in [-0.2, 0) is 0 Å². The Balaban J connectivity index is 0.00000162. The summed E-state index contributed by atoms with van der Waals surface area (Å²) >= 11 is 8.27. The Morgan fingerprint density at radius 2 is 2.22 bits per heavy atom. The molecular weight excluding hydrogens is 403 g/mol. The van der Waals surface area contributed by atoms with E-state index in [1.807, 2.05) is 13.0 Å². The molecule has 1 atom stereocenters. The van der Waals surface area contributed by atoms with Crippen LogP contribution in [0.3, 0.4) is 0 Å². The SMILES string of the molecule is CC(CN)(NC(=O)c1cc(Br)sc1Br)C1CC1.Cl. The van der Waals surface area contributed by atoms with Crippen molar-refractivity contribution >= 4 is 61.5 Å². The van der Waals surface area contributed by atoms with Gasteiger partial charge in [-0.25, -0.2) is 0 Å². The van der Waals surface area contributed by atoms with Gasteiger partial charge in [-0.2, -0.15) is 0 Å². The zero-order valence-corrected chi connectivity index (χ0v) is 14.6. The smallest absolute Gasteiger partial charge is 0.253 e. The number of hydrogen-bond acceptors (Lipinski definition) is 3. The molecule has 2 rings (SSSR count). The highest BCUT2D eigenvalue weighted by Gasteiger charge is 2.41. The van der Waals surface area contributed by atoms with E-state index < -0.39 is 0 Å². The minimum Gasteiger partial charge on any atom is -0.345 e. The molecule has 3 nitrogen and oxygen atoms in total. The molecule has 1 saturated carbocycles. The Morgan fingerprint density at radius 3 is 2.61 bits per heavy atom. The molecule has 0 radical (unpaired) electrons. The summed E-state index contributed by atoms with van der Waals surface area (Å²) in [7, 11) is 0. The molecule has 1 aliphatic rings. The van der Waals surface area contributed by atoms with Crippen LogP contribution < -0.4 is 11.1 Å². The Morgan fingerprint density at radius 1 is 1.61 bits per heavy atom. The number of hydrogen-bond donors (Lipinski definition) is 2. The van der Waals surface area contributed by atoms with Gasteiger partial charge in [-0.1, -0.05) is 0 Å². The van der Waals surface area contributed by atoms with Crippen LogP contribution in [0.4, 0.5) is 0 Å². The maximum Gasteiger partial charge on any atom is 0.253 e. The topological polar surface area (TPSA) is 55.1 Å². The highest BCUT2D eigenvalue weighted by Crippen LogP contribution is 2.39. The lowest BCUT2D eigenvalue weighted by molar-refractivity contribution is 0.0897. The van der Waals surface area contributed by atoms with E-state index in [2.05, 4.69) is 37.2 Å². The van der Waals surface area contributed by atoms with Gasteiger partial charge in [0, 0.05) is 6.54 Å². The largest absolute Gasteiger partial charge is 0.345 e. The van der Waals surface area contributed by atoms with Crippen molar-refractivity contribution in [2.45, 2.75) is 25.3 Å². The van der Waals surface area contributed by atoms with Gasteiger partial charge >= 0.3 is 0 Å². The molecule has 1 aliphatic carbocycles. The number of thiophene rings is 1. The minimum atomic E-state index is -0.273. The van der Waals surface area contributed by atoms with Gasteiger partial charge in [-0.15, -0.1) is 23.7 Å². The van der Waals surface area contributed by atoms with Crippen LogP contribution >= 0.6 is 55.6 Å². The first-order chi connectivity index (χ1) is 7.96. The van der Waals surface area contributed by atoms with Crippen LogP contribution in [0.1, 0.15) is 30.1 Å². The highest BCUT2D eigenvalue weighted by molar-refractivity contribution is 9.12. The highest BCUT2D eigenvalue weighted by atomic mass is 79.9. The van der Waals surface area contributed by atoms with Crippen molar-refractivity contribution in [1.82, 2.24) is 5.32 Å². The Bertz CT molecular complexity index is 450. The Kier molecular flexibility index (Phi) is 5.68. The summed E-state index contributed by atoms with van der Waals surface area (Å²) in [4.78, 5) is 12.2. The third-order valence-electron chi connectivity index (χ3n) is 3.20. The van der Waals surface area contributed by atoms with E-state index >= 15 is 0 Å². The lowest BCUT2D eigenvalue weighted by atomic mass is 9.95. The first kappa shape index (κ1) is 16.4. The van der Waals surface area contributed by atoms with Gasteiger partial charge < -0.3 is 11.1 Å². The fourth-order valence-electron chi connectivity index (χ4n) is 1.86. The van der Waals surface area contributed by atoms with E-state index in [-0.39, 0.29) is 23.9 Å². The predicted molar refractivity (Wildman–Crippen MR) is 84.6 cm³/mol. The Hall–Kier alpha value is 0.380. The van der Waals surface area contributed by atoms with Crippen molar-refractivity contribution in [3.63, 3.8) is 0 Å². The van der Waals surface area contributed by atoms with Gasteiger partial charge in [0.05, 0.1) is 18.7 Å². The van der Waals surface area contributed by atoms with Crippen molar-refractivity contribution in [3.05, 3.63) is 19.2 Å². The molecular formula is C11H15Br2ClN2OS. The van der Waals surface area contributed by atoms with Gasteiger partial charge in [0.15, 0.2) is 0 Å². The monoisotopic (exact) mass is 416 g/mol. The van der Waals surface area contributed by atoms with Crippen molar-refractivity contribution < 1.29 is 4.79 Å². The third-order valence-corrected chi connectivity index (χ3v) is 5.54. The molecule has 1 fully saturated rings. The lowest BCUT2D eigenvalue weighted by Crippen LogP contribution is -2.53. The summed E-state index contributed by atoms with van der Waals surface area (Å²) in [6, 6.07) is 1.83. The van der Waals surface area contributed by atoms with E-state index in [1.54, 1.807) is 0 Å². The van der Waals surface area contributed by atoms with E-state index in [1.165, 1.54) is 11.3 Å². The van der Waals surface area contributed by atoms with Gasteiger partial charge in [0.25, 0.3) is 5.91 Å².